The van der Waals surface area contributed by atoms with Crippen LogP contribution in [0.15, 0.2) is 24.3 Å². The lowest BCUT2D eigenvalue weighted by atomic mass is 10.2. The minimum atomic E-state index is -0.571. The summed E-state index contributed by atoms with van der Waals surface area (Å²) < 4.78 is 13.3. The number of thiocarbonyl (C=S) groups is 1. The van der Waals surface area contributed by atoms with Gasteiger partial charge in [0.2, 0.25) is 0 Å². The molecule has 0 heterocycles. The molecule has 0 saturated heterocycles. The van der Waals surface area contributed by atoms with Gasteiger partial charge in [0.15, 0.2) is 5.11 Å². The van der Waals surface area contributed by atoms with Crippen molar-refractivity contribution in [3.05, 3.63) is 35.6 Å². The summed E-state index contributed by atoms with van der Waals surface area (Å²) in [7, 11) is 0. The normalized spacial score (nSPS) is 10.0. The lowest BCUT2D eigenvalue weighted by Crippen LogP contribution is -2.47. The van der Waals surface area contributed by atoms with Crippen molar-refractivity contribution in [1.29, 1.82) is 0 Å². The molecule has 0 radical (unpaired) electrons. The van der Waals surface area contributed by atoms with E-state index in [2.05, 4.69) is 16.2 Å². The number of amides is 1. The van der Waals surface area contributed by atoms with Gasteiger partial charge in [-0.1, -0.05) is 26.0 Å². The molecule has 0 saturated carbocycles. The number of hydrogen-bond acceptors (Lipinski definition) is 2. The van der Waals surface area contributed by atoms with Crippen molar-refractivity contribution in [2.45, 2.75) is 13.8 Å². The van der Waals surface area contributed by atoms with Gasteiger partial charge in [0, 0.05) is 6.54 Å². The van der Waals surface area contributed by atoms with Crippen molar-refractivity contribution in [1.82, 2.24) is 16.2 Å². The van der Waals surface area contributed by atoms with E-state index >= 15 is 0 Å². The number of halogens is 1. The first-order valence-electron chi connectivity index (χ1n) is 5.59. The molecule has 4 nitrogen and oxygen atoms in total. The fourth-order valence-electron chi connectivity index (χ4n) is 1.17. The maximum absolute atomic E-state index is 13.3. The smallest absolute Gasteiger partial charge is 0.272 e. The molecule has 0 fully saturated rings. The van der Waals surface area contributed by atoms with Gasteiger partial charge in [-0.15, -0.1) is 0 Å². The number of benzene rings is 1. The molecule has 0 spiro atoms. The van der Waals surface area contributed by atoms with Gasteiger partial charge in [0.05, 0.1) is 5.56 Å². The Morgan fingerprint density at radius 1 is 1.33 bits per heavy atom. The van der Waals surface area contributed by atoms with Crippen molar-refractivity contribution >= 4 is 23.2 Å². The molecule has 1 amide bonds. The predicted molar refractivity (Wildman–Crippen MR) is 72.4 cm³/mol. The fourth-order valence-corrected chi connectivity index (χ4v) is 1.30. The average Bonchev–Trinajstić information content (AvgIpc) is 2.34. The second-order valence-electron chi connectivity index (χ2n) is 4.16. The van der Waals surface area contributed by atoms with Gasteiger partial charge >= 0.3 is 0 Å². The molecule has 0 aliphatic rings. The fraction of sp³-hybridized carbons (Fsp3) is 0.333. The lowest BCUT2D eigenvalue weighted by molar-refractivity contribution is 0.0939. The molecule has 0 bridgehead atoms. The molecule has 3 N–H and O–H groups in total. The van der Waals surface area contributed by atoms with Crippen molar-refractivity contribution < 1.29 is 9.18 Å². The summed E-state index contributed by atoms with van der Waals surface area (Å²) in [6, 6.07) is 5.74. The molecule has 98 valence electrons. The zero-order valence-corrected chi connectivity index (χ0v) is 11.1. The highest BCUT2D eigenvalue weighted by atomic mass is 32.1. The first-order valence-corrected chi connectivity index (χ1v) is 6.00. The molecule has 0 aliphatic carbocycles. The third-order valence-corrected chi connectivity index (χ3v) is 2.33. The zero-order valence-electron chi connectivity index (χ0n) is 10.3. The van der Waals surface area contributed by atoms with Gasteiger partial charge in [-0.25, -0.2) is 4.39 Å². The number of nitrogens with one attached hydrogen (secondary N) is 3. The average molecular weight is 269 g/mol. The van der Waals surface area contributed by atoms with E-state index in [1.807, 2.05) is 13.8 Å². The van der Waals surface area contributed by atoms with Crippen LogP contribution in [-0.2, 0) is 0 Å². The minimum Gasteiger partial charge on any atom is -0.361 e. The summed E-state index contributed by atoms with van der Waals surface area (Å²) in [5.74, 6) is -0.702. The van der Waals surface area contributed by atoms with Crippen LogP contribution in [0.25, 0.3) is 0 Å². The van der Waals surface area contributed by atoms with E-state index in [4.69, 9.17) is 12.2 Å². The Kier molecular flexibility index (Phi) is 5.51. The second-order valence-corrected chi connectivity index (χ2v) is 4.57. The lowest BCUT2D eigenvalue weighted by Gasteiger charge is -2.13. The van der Waals surface area contributed by atoms with Crippen molar-refractivity contribution in [3.8, 4) is 0 Å². The van der Waals surface area contributed by atoms with E-state index in [0.29, 0.717) is 17.6 Å². The second kappa shape index (κ2) is 6.90. The van der Waals surface area contributed by atoms with Gasteiger partial charge < -0.3 is 5.32 Å². The summed E-state index contributed by atoms with van der Waals surface area (Å²) in [5.41, 5.74) is 4.82. The Morgan fingerprint density at radius 2 is 2.00 bits per heavy atom. The molecule has 0 atom stereocenters. The molecule has 18 heavy (non-hydrogen) atoms. The summed E-state index contributed by atoms with van der Waals surface area (Å²) >= 11 is 4.94. The van der Waals surface area contributed by atoms with Crippen LogP contribution in [0.4, 0.5) is 4.39 Å². The third kappa shape index (κ3) is 4.67. The summed E-state index contributed by atoms with van der Waals surface area (Å²) in [5, 5.41) is 3.21. The monoisotopic (exact) mass is 269 g/mol. The van der Waals surface area contributed by atoms with Crippen LogP contribution in [0, 0.1) is 11.7 Å². The molecular formula is C12H16FN3OS. The Bertz CT molecular complexity index is 437. The Balaban J connectivity index is 2.42. The maximum Gasteiger partial charge on any atom is 0.272 e. The molecule has 0 aromatic heterocycles. The Morgan fingerprint density at radius 3 is 2.61 bits per heavy atom. The van der Waals surface area contributed by atoms with Crippen LogP contribution >= 0.6 is 12.2 Å². The third-order valence-electron chi connectivity index (χ3n) is 2.08. The largest absolute Gasteiger partial charge is 0.361 e. The standard InChI is InChI=1S/C12H16FN3OS/c1-8(2)7-14-12(18)16-15-11(17)9-5-3-4-6-10(9)13/h3-6,8H,7H2,1-2H3,(H,15,17)(H2,14,16,18). The first kappa shape index (κ1) is 14.4. The number of carbonyl (C=O) groups excluding carboxylic acids is 1. The first-order chi connectivity index (χ1) is 8.50. The number of hydrazine groups is 1. The van der Waals surface area contributed by atoms with E-state index in [-0.39, 0.29) is 5.56 Å². The van der Waals surface area contributed by atoms with Crippen LogP contribution in [0.5, 0.6) is 0 Å². The summed E-state index contributed by atoms with van der Waals surface area (Å²) in [4.78, 5) is 11.6. The molecule has 1 aromatic carbocycles. The van der Waals surface area contributed by atoms with Crippen molar-refractivity contribution in [3.63, 3.8) is 0 Å². The Hall–Kier alpha value is -1.69. The summed E-state index contributed by atoms with van der Waals surface area (Å²) in [6.07, 6.45) is 0. The van der Waals surface area contributed by atoms with Crippen LogP contribution < -0.4 is 16.2 Å². The van der Waals surface area contributed by atoms with Gasteiger partial charge in [-0.3, -0.25) is 15.6 Å². The topological polar surface area (TPSA) is 53.2 Å². The van der Waals surface area contributed by atoms with Crippen LogP contribution in [0.1, 0.15) is 24.2 Å². The minimum absolute atomic E-state index is 0.0309. The number of carbonyl (C=O) groups is 1. The Labute approximate surface area is 111 Å². The van der Waals surface area contributed by atoms with E-state index in [0.717, 1.165) is 0 Å². The van der Waals surface area contributed by atoms with E-state index < -0.39 is 11.7 Å². The highest BCUT2D eigenvalue weighted by Crippen LogP contribution is 2.04. The molecular weight excluding hydrogens is 253 g/mol. The van der Waals surface area contributed by atoms with E-state index in [1.165, 1.54) is 18.2 Å². The van der Waals surface area contributed by atoms with Gasteiger partial charge in [-0.05, 0) is 30.3 Å². The number of rotatable bonds is 3. The van der Waals surface area contributed by atoms with Crippen molar-refractivity contribution in [2.75, 3.05) is 6.54 Å². The summed E-state index contributed by atoms with van der Waals surface area (Å²) in [6.45, 7) is 4.77. The molecule has 0 aliphatic heterocycles. The van der Waals surface area contributed by atoms with Gasteiger partial charge in [0.25, 0.3) is 5.91 Å². The van der Waals surface area contributed by atoms with Crippen LogP contribution in [0.2, 0.25) is 0 Å². The predicted octanol–water partition coefficient (Wildman–Crippen LogP) is 1.59. The van der Waals surface area contributed by atoms with E-state index in [1.54, 1.807) is 6.07 Å². The SMILES string of the molecule is CC(C)CNC(=S)NNC(=O)c1ccccc1F. The maximum atomic E-state index is 13.3. The highest BCUT2D eigenvalue weighted by Gasteiger charge is 2.10. The van der Waals surface area contributed by atoms with Gasteiger partial charge in [0.1, 0.15) is 5.82 Å². The molecule has 1 aromatic rings. The zero-order chi connectivity index (χ0) is 13.5. The van der Waals surface area contributed by atoms with E-state index in [9.17, 15) is 9.18 Å². The molecule has 0 unspecified atom stereocenters. The quantitative estimate of drug-likeness (QED) is 0.576. The van der Waals surface area contributed by atoms with Crippen LogP contribution in [0.3, 0.4) is 0 Å². The number of hydrogen-bond donors (Lipinski definition) is 3. The van der Waals surface area contributed by atoms with Crippen LogP contribution in [-0.4, -0.2) is 17.6 Å². The molecule has 1 rings (SSSR count). The van der Waals surface area contributed by atoms with Gasteiger partial charge in [-0.2, -0.15) is 0 Å². The van der Waals surface area contributed by atoms with Crippen molar-refractivity contribution in [2.24, 2.45) is 5.92 Å². The molecule has 6 heteroatoms. The highest BCUT2D eigenvalue weighted by molar-refractivity contribution is 7.80.